The topological polar surface area (TPSA) is 92.6 Å². The summed E-state index contributed by atoms with van der Waals surface area (Å²) in [6, 6.07) is 17.7. The van der Waals surface area contributed by atoms with Crippen LogP contribution in [0.5, 0.6) is 5.75 Å². The van der Waals surface area contributed by atoms with Crippen molar-refractivity contribution in [2.24, 2.45) is 4.99 Å². The Morgan fingerprint density at radius 1 is 1.06 bits per heavy atom. The average Bonchev–Trinajstić information content (AvgIpc) is 3.17. The second-order valence-electron chi connectivity index (χ2n) is 7.64. The van der Waals surface area contributed by atoms with Gasteiger partial charge in [0, 0.05) is 18.8 Å². The predicted octanol–water partition coefficient (Wildman–Crippen LogP) is 2.87. The molecule has 3 N–H and O–H groups in total. The van der Waals surface area contributed by atoms with Crippen LogP contribution in [0.3, 0.4) is 0 Å². The Hall–Kier alpha value is -3.81. The van der Waals surface area contributed by atoms with Crippen LogP contribution in [0.1, 0.15) is 29.4 Å². The SMILES string of the molecule is CCNC(=NCc1ccccc1-n1nc(C)cc1C)NCC(=O)NCc1ccc(OC)cc1. The Morgan fingerprint density at radius 2 is 1.82 bits per heavy atom. The van der Waals surface area contributed by atoms with Gasteiger partial charge in [-0.05, 0) is 56.2 Å². The Labute approximate surface area is 195 Å². The number of methoxy groups -OCH3 is 1. The summed E-state index contributed by atoms with van der Waals surface area (Å²) >= 11 is 0. The minimum Gasteiger partial charge on any atom is -0.497 e. The van der Waals surface area contributed by atoms with Gasteiger partial charge in [0.2, 0.25) is 5.91 Å². The third kappa shape index (κ3) is 6.83. The van der Waals surface area contributed by atoms with Crippen molar-refractivity contribution in [3.63, 3.8) is 0 Å². The summed E-state index contributed by atoms with van der Waals surface area (Å²) in [4.78, 5) is 17.0. The molecule has 0 aliphatic rings. The molecule has 3 aromatic rings. The van der Waals surface area contributed by atoms with E-state index in [0.717, 1.165) is 34.0 Å². The first-order chi connectivity index (χ1) is 16.0. The van der Waals surface area contributed by atoms with Crippen molar-refractivity contribution in [2.45, 2.75) is 33.9 Å². The van der Waals surface area contributed by atoms with E-state index in [-0.39, 0.29) is 12.5 Å². The highest BCUT2D eigenvalue weighted by atomic mass is 16.5. The van der Waals surface area contributed by atoms with Crippen LogP contribution < -0.4 is 20.7 Å². The molecule has 174 valence electrons. The van der Waals surface area contributed by atoms with Gasteiger partial charge in [-0.15, -0.1) is 0 Å². The van der Waals surface area contributed by atoms with Crippen LogP contribution in [0.15, 0.2) is 59.6 Å². The van der Waals surface area contributed by atoms with E-state index >= 15 is 0 Å². The van der Waals surface area contributed by atoms with Gasteiger partial charge < -0.3 is 20.7 Å². The number of carbonyl (C=O) groups is 1. The van der Waals surface area contributed by atoms with E-state index in [1.54, 1.807) is 7.11 Å². The van der Waals surface area contributed by atoms with E-state index in [9.17, 15) is 4.79 Å². The largest absolute Gasteiger partial charge is 0.497 e. The van der Waals surface area contributed by atoms with E-state index in [0.29, 0.717) is 25.6 Å². The Kier molecular flexibility index (Phi) is 8.46. The number of ether oxygens (including phenoxy) is 1. The van der Waals surface area contributed by atoms with Crippen LogP contribution in [-0.2, 0) is 17.9 Å². The predicted molar refractivity (Wildman–Crippen MR) is 131 cm³/mol. The molecule has 1 heterocycles. The lowest BCUT2D eigenvalue weighted by molar-refractivity contribution is -0.120. The van der Waals surface area contributed by atoms with Crippen LogP contribution in [0.4, 0.5) is 0 Å². The van der Waals surface area contributed by atoms with Gasteiger partial charge in [-0.3, -0.25) is 4.79 Å². The molecule has 0 radical (unpaired) electrons. The molecule has 0 atom stereocenters. The van der Waals surface area contributed by atoms with Gasteiger partial charge in [0.05, 0.1) is 31.6 Å². The lowest BCUT2D eigenvalue weighted by atomic mass is 10.2. The zero-order valence-electron chi connectivity index (χ0n) is 19.7. The number of hydrogen-bond acceptors (Lipinski definition) is 4. The molecular weight excluding hydrogens is 416 g/mol. The zero-order chi connectivity index (χ0) is 23.6. The van der Waals surface area contributed by atoms with E-state index in [1.165, 1.54) is 0 Å². The summed E-state index contributed by atoms with van der Waals surface area (Å²) < 4.78 is 7.09. The number of aryl methyl sites for hydroxylation is 2. The molecule has 0 unspecified atom stereocenters. The third-order valence-corrected chi connectivity index (χ3v) is 5.05. The number of aliphatic imine (C=N–C) groups is 1. The fourth-order valence-corrected chi connectivity index (χ4v) is 3.40. The maximum atomic E-state index is 12.3. The van der Waals surface area contributed by atoms with Crippen LogP contribution in [-0.4, -0.2) is 41.8 Å². The number of guanidine groups is 1. The van der Waals surface area contributed by atoms with Crippen molar-refractivity contribution in [3.8, 4) is 11.4 Å². The third-order valence-electron chi connectivity index (χ3n) is 5.05. The zero-order valence-corrected chi connectivity index (χ0v) is 19.7. The second kappa shape index (κ2) is 11.7. The number of para-hydroxylation sites is 1. The first-order valence-electron chi connectivity index (χ1n) is 11.0. The Morgan fingerprint density at radius 3 is 2.48 bits per heavy atom. The first-order valence-corrected chi connectivity index (χ1v) is 11.0. The van der Waals surface area contributed by atoms with Crippen LogP contribution in [0, 0.1) is 13.8 Å². The fraction of sp³-hybridized carbons (Fsp3) is 0.320. The number of benzene rings is 2. The van der Waals surface area contributed by atoms with Crippen LogP contribution in [0.25, 0.3) is 5.69 Å². The van der Waals surface area contributed by atoms with Gasteiger partial charge >= 0.3 is 0 Å². The summed E-state index contributed by atoms with van der Waals surface area (Å²) in [5.74, 6) is 1.26. The molecule has 1 aromatic heterocycles. The van der Waals surface area contributed by atoms with Gasteiger partial charge in [0.1, 0.15) is 5.75 Å². The number of aromatic nitrogens is 2. The van der Waals surface area contributed by atoms with Gasteiger partial charge in [0.25, 0.3) is 0 Å². The Balaban J connectivity index is 1.59. The molecule has 3 rings (SSSR count). The highest BCUT2D eigenvalue weighted by Gasteiger charge is 2.09. The highest BCUT2D eigenvalue weighted by molar-refractivity contribution is 5.86. The highest BCUT2D eigenvalue weighted by Crippen LogP contribution is 2.17. The van der Waals surface area contributed by atoms with Crippen LogP contribution >= 0.6 is 0 Å². The number of hydrogen-bond donors (Lipinski definition) is 3. The van der Waals surface area contributed by atoms with E-state index < -0.39 is 0 Å². The lowest BCUT2D eigenvalue weighted by Crippen LogP contribution is -2.43. The molecule has 2 aromatic carbocycles. The number of carbonyl (C=O) groups excluding carboxylic acids is 1. The molecule has 0 bridgehead atoms. The quantitative estimate of drug-likeness (QED) is 0.346. The van der Waals surface area contributed by atoms with Crippen molar-refractivity contribution in [1.29, 1.82) is 0 Å². The molecule has 8 nitrogen and oxygen atoms in total. The summed E-state index contributed by atoms with van der Waals surface area (Å²) in [7, 11) is 1.63. The van der Waals surface area contributed by atoms with E-state index in [2.05, 4.69) is 32.1 Å². The Bertz CT molecular complexity index is 1090. The summed E-state index contributed by atoms with van der Waals surface area (Å²) in [6.45, 7) is 7.74. The summed E-state index contributed by atoms with van der Waals surface area (Å²) in [6.07, 6.45) is 0. The second-order valence-corrected chi connectivity index (χ2v) is 7.64. The lowest BCUT2D eigenvalue weighted by Gasteiger charge is -2.13. The number of nitrogens with one attached hydrogen (secondary N) is 3. The molecule has 0 aliphatic heterocycles. The maximum Gasteiger partial charge on any atom is 0.239 e. The van der Waals surface area contributed by atoms with Crippen molar-refractivity contribution in [3.05, 3.63) is 77.1 Å². The van der Waals surface area contributed by atoms with E-state index in [1.807, 2.05) is 74.0 Å². The molecule has 0 spiro atoms. The van der Waals surface area contributed by atoms with Gasteiger partial charge in [-0.1, -0.05) is 30.3 Å². The molecule has 0 saturated heterocycles. The minimum absolute atomic E-state index is 0.112. The monoisotopic (exact) mass is 448 g/mol. The smallest absolute Gasteiger partial charge is 0.239 e. The van der Waals surface area contributed by atoms with E-state index in [4.69, 9.17) is 4.74 Å². The van der Waals surface area contributed by atoms with Crippen molar-refractivity contribution >= 4 is 11.9 Å². The van der Waals surface area contributed by atoms with Gasteiger partial charge in [0.15, 0.2) is 5.96 Å². The standard InChI is InChI=1S/C25H32N6O2/c1-5-26-25(29-17-24(32)27-15-20-10-12-22(33-4)13-11-20)28-16-21-8-6-7-9-23(21)31-19(3)14-18(2)30-31/h6-14H,5,15-17H2,1-4H3,(H,27,32)(H2,26,28,29). The van der Waals surface area contributed by atoms with Crippen molar-refractivity contribution in [2.75, 3.05) is 20.2 Å². The number of amides is 1. The maximum absolute atomic E-state index is 12.3. The molecule has 1 amide bonds. The minimum atomic E-state index is -0.112. The van der Waals surface area contributed by atoms with Gasteiger partial charge in [-0.25, -0.2) is 9.67 Å². The molecule has 0 saturated carbocycles. The molecule has 0 fully saturated rings. The van der Waals surface area contributed by atoms with Crippen molar-refractivity contribution < 1.29 is 9.53 Å². The fourth-order valence-electron chi connectivity index (χ4n) is 3.40. The van der Waals surface area contributed by atoms with Crippen LogP contribution in [0.2, 0.25) is 0 Å². The van der Waals surface area contributed by atoms with Crippen molar-refractivity contribution in [1.82, 2.24) is 25.7 Å². The van der Waals surface area contributed by atoms with Gasteiger partial charge in [-0.2, -0.15) is 5.10 Å². The average molecular weight is 449 g/mol. The normalized spacial score (nSPS) is 11.2. The molecular formula is C25H32N6O2. The number of nitrogens with zero attached hydrogens (tertiary/aromatic N) is 3. The summed E-state index contributed by atoms with van der Waals surface area (Å²) in [5, 5.41) is 13.8. The first kappa shape index (κ1) is 23.8. The summed E-state index contributed by atoms with van der Waals surface area (Å²) in [5.41, 5.74) is 5.10. The molecule has 0 aliphatic carbocycles. The molecule has 33 heavy (non-hydrogen) atoms. The molecule has 8 heteroatoms. The number of rotatable bonds is 9.